The van der Waals surface area contributed by atoms with Gasteiger partial charge in [-0.05, 0) is 62.9 Å². The number of rotatable bonds is 6. The van der Waals surface area contributed by atoms with Crippen LogP contribution in [0.15, 0.2) is 24.3 Å². The lowest BCUT2D eigenvalue weighted by Crippen LogP contribution is -2.46. The van der Waals surface area contributed by atoms with Crippen LogP contribution in [0, 0.1) is 6.67 Å². The number of aromatic nitrogens is 1. The van der Waals surface area contributed by atoms with E-state index in [2.05, 4.69) is 57.6 Å². The van der Waals surface area contributed by atoms with Crippen LogP contribution in [-0.2, 0) is 0 Å². The number of piperazine rings is 1. The van der Waals surface area contributed by atoms with Crippen molar-refractivity contribution in [3.8, 4) is 0 Å². The number of benzene rings is 1. The maximum atomic E-state index is 4.74. The van der Waals surface area contributed by atoms with Gasteiger partial charge in [0.15, 0.2) is 0 Å². The number of hydrogen-bond acceptors (Lipinski definition) is 6. The van der Waals surface area contributed by atoms with Crippen molar-refractivity contribution in [2.24, 2.45) is 0 Å². The second-order valence-electron chi connectivity index (χ2n) is 8.98. The highest BCUT2D eigenvalue weighted by molar-refractivity contribution is 7.13. The molecule has 1 radical (unpaired) electrons. The molecule has 29 heavy (non-hydrogen) atoms. The zero-order valence-corrected chi connectivity index (χ0v) is 18.5. The Morgan fingerprint density at radius 2 is 1.72 bits per heavy atom. The summed E-state index contributed by atoms with van der Waals surface area (Å²) < 4.78 is 6.04. The second-order valence-corrected chi connectivity index (χ2v) is 9.78. The van der Waals surface area contributed by atoms with Crippen LogP contribution >= 0.6 is 11.5 Å². The van der Waals surface area contributed by atoms with Gasteiger partial charge in [-0.2, -0.15) is 4.37 Å². The van der Waals surface area contributed by atoms with Crippen LogP contribution in [0.2, 0.25) is 0 Å². The molecule has 1 saturated carbocycles. The van der Waals surface area contributed by atoms with Gasteiger partial charge in [0, 0.05) is 50.2 Å². The molecular weight excluding hydrogens is 378 g/mol. The Bertz CT molecular complexity index is 799. The normalized spacial score (nSPS) is 27.0. The first kappa shape index (κ1) is 19.7. The van der Waals surface area contributed by atoms with E-state index in [4.69, 9.17) is 4.37 Å². The summed E-state index contributed by atoms with van der Waals surface area (Å²) in [6, 6.07) is 10.2. The smallest absolute Gasteiger partial charge is 0.150 e. The minimum absolute atomic E-state index is 0.777. The predicted octanol–water partition coefficient (Wildman–Crippen LogP) is 3.88. The molecule has 3 fully saturated rings. The zero-order valence-electron chi connectivity index (χ0n) is 17.7. The number of unbranched alkanes of at least 4 members (excludes halogenated alkanes) is 1. The molecule has 1 aromatic carbocycles. The molecule has 0 spiro atoms. The number of fused-ring (bicyclic) bond motifs is 2. The summed E-state index contributed by atoms with van der Waals surface area (Å²) >= 11 is 1.63. The second kappa shape index (κ2) is 8.88. The van der Waals surface area contributed by atoms with Crippen LogP contribution < -0.4 is 4.90 Å². The zero-order chi connectivity index (χ0) is 19.6. The standard InChI is InChI=1S/C23H34N5S/c1-25-18-28(21-10-4-3-9-20(21)25)13-7-6-12-26-14-16-27(17-15-26)23-19-8-2-5-11-22(19)29-24-23/h2,5,8,11,18,20-21H,3-4,6-7,9-10,12-17H2,1H3. The van der Waals surface area contributed by atoms with E-state index in [9.17, 15) is 0 Å². The van der Waals surface area contributed by atoms with Crippen molar-refractivity contribution in [3.63, 3.8) is 0 Å². The first-order valence-corrected chi connectivity index (χ1v) is 12.2. The number of likely N-dealkylation sites (N-methyl/N-ethyl adjacent to an activating group) is 1. The molecule has 157 valence electrons. The van der Waals surface area contributed by atoms with Crippen LogP contribution in [0.25, 0.3) is 10.1 Å². The van der Waals surface area contributed by atoms with E-state index in [1.807, 2.05) is 0 Å². The molecule has 5 nitrogen and oxygen atoms in total. The fourth-order valence-electron chi connectivity index (χ4n) is 5.50. The van der Waals surface area contributed by atoms with Crippen molar-refractivity contribution < 1.29 is 0 Å². The molecule has 5 rings (SSSR count). The van der Waals surface area contributed by atoms with Crippen LogP contribution in [0.5, 0.6) is 0 Å². The summed E-state index contributed by atoms with van der Waals surface area (Å²) in [5.74, 6) is 1.20. The molecule has 2 unspecified atom stereocenters. The Morgan fingerprint density at radius 3 is 2.59 bits per heavy atom. The van der Waals surface area contributed by atoms with Crippen molar-refractivity contribution in [1.82, 2.24) is 19.1 Å². The SMILES string of the molecule is CN1[CH]N(CCCCN2CCN(c3nsc4ccccc34)CC2)C2CCCCC21. The van der Waals surface area contributed by atoms with Gasteiger partial charge >= 0.3 is 0 Å². The first-order chi connectivity index (χ1) is 14.3. The van der Waals surface area contributed by atoms with E-state index in [0.717, 1.165) is 38.3 Å². The lowest BCUT2D eigenvalue weighted by atomic mass is 9.90. The molecule has 0 amide bonds. The largest absolute Gasteiger partial charge is 0.353 e. The highest BCUT2D eigenvalue weighted by Gasteiger charge is 2.39. The summed E-state index contributed by atoms with van der Waals surface area (Å²) in [5, 5.41) is 1.32. The minimum atomic E-state index is 0.777. The van der Waals surface area contributed by atoms with Crippen molar-refractivity contribution in [2.45, 2.75) is 50.6 Å². The Labute approximate surface area is 179 Å². The minimum Gasteiger partial charge on any atom is -0.353 e. The van der Waals surface area contributed by atoms with E-state index in [-0.39, 0.29) is 0 Å². The van der Waals surface area contributed by atoms with Gasteiger partial charge < -0.3 is 4.90 Å². The number of nitrogens with zero attached hydrogens (tertiary/aromatic N) is 5. The molecule has 1 aromatic heterocycles. The lowest BCUT2D eigenvalue weighted by Gasteiger charge is -2.35. The molecule has 2 aliphatic heterocycles. The van der Waals surface area contributed by atoms with E-state index >= 15 is 0 Å². The van der Waals surface area contributed by atoms with Gasteiger partial charge in [-0.25, -0.2) is 0 Å². The van der Waals surface area contributed by atoms with Gasteiger partial charge in [0.1, 0.15) is 5.82 Å². The van der Waals surface area contributed by atoms with E-state index < -0.39 is 0 Å². The summed E-state index contributed by atoms with van der Waals surface area (Å²) in [7, 11) is 2.27. The summed E-state index contributed by atoms with van der Waals surface area (Å²) in [5.41, 5.74) is 0. The van der Waals surface area contributed by atoms with Crippen LogP contribution in [0.1, 0.15) is 38.5 Å². The Kier molecular flexibility index (Phi) is 6.04. The molecule has 0 bridgehead atoms. The molecular formula is C23H34N5S. The van der Waals surface area contributed by atoms with Crippen LogP contribution in [0.4, 0.5) is 5.82 Å². The van der Waals surface area contributed by atoms with Crippen LogP contribution in [-0.4, -0.2) is 77.5 Å². The van der Waals surface area contributed by atoms with Gasteiger partial charge in [-0.3, -0.25) is 14.7 Å². The van der Waals surface area contributed by atoms with E-state index in [0.29, 0.717) is 0 Å². The molecule has 2 atom stereocenters. The maximum Gasteiger partial charge on any atom is 0.150 e. The average molecular weight is 413 g/mol. The summed E-state index contributed by atoms with van der Waals surface area (Å²) in [6.45, 7) is 9.39. The molecule has 2 aromatic rings. The highest BCUT2D eigenvalue weighted by Crippen LogP contribution is 2.34. The van der Waals surface area contributed by atoms with Gasteiger partial charge in [0.2, 0.25) is 0 Å². The third kappa shape index (κ3) is 4.18. The fourth-order valence-corrected chi connectivity index (χ4v) is 6.29. The Balaban J connectivity index is 1.05. The van der Waals surface area contributed by atoms with Crippen molar-refractivity contribution in [2.75, 3.05) is 51.2 Å². The van der Waals surface area contributed by atoms with Gasteiger partial charge in [0.25, 0.3) is 0 Å². The predicted molar refractivity (Wildman–Crippen MR) is 122 cm³/mol. The third-order valence-electron chi connectivity index (χ3n) is 7.14. The van der Waals surface area contributed by atoms with Crippen molar-refractivity contribution in [3.05, 3.63) is 30.9 Å². The fraction of sp³-hybridized carbons (Fsp3) is 0.652. The number of anilines is 1. The van der Waals surface area contributed by atoms with E-state index in [1.165, 1.54) is 67.5 Å². The van der Waals surface area contributed by atoms with Gasteiger partial charge in [-0.1, -0.05) is 25.0 Å². The van der Waals surface area contributed by atoms with E-state index in [1.54, 1.807) is 11.5 Å². The molecule has 6 heteroatoms. The van der Waals surface area contributed by atoms with Crippen LogP contribution in [0.3, 0.4) is 0 Å². The Hall–Kier alpha value is -1.21. The average Bonchev–Trinajstić information content (AvgIpc) is 3.33. The Morgan fingerprint density at radius 1 is 0.966 bits per heavy atom. The van der Waals surface area contributed by atoms with Gasteiger partial charge in [0.05, 0.1) is 11.4 Å². The summed E-state index contributed by atoms with van der Waals surface area (Å²) in [4.78, 5) is 10.3. The topological polar surface area (TPSA) is 25.9 Å². The first-order valence-electron chi connectivity index (χ1n) is 11.4. The third-order valence-corrected chi connectivity index (χ3v) is 7.96. The molecule has 1 aliphatic carbocycles. The molecule has 3 heterocycles. The summed E-state index contributed by atoms with van der Waals surface area (Å²) in [6.07, 6.45) is 8.22. The number of hydrogen-bond donors (Lipinski definition) is 0. The highest BCUT2D eigenvalue weighted by atomic mass is 32.1. The quantitative estimate of drug-likeness (QED) is 0.671. The van der Waals surface area contributed by atoms with Crippen molar-refractivity contribution in [1.29, 1.82) is 0 Å². The molecule has 2 saturated heterocycles. The molecule has 3 aliphatic rings. The maximum absolute atomic E-state index is 4.74. The van der Waals surface area contributed by atoms with Crippen molar-refractivity contribution >= 4 is 27.4 Å². The van der Waals surface area contributed by atoms with Gasteiger partial charge in [-0.15, -0.1) is 0 Å². The molecule has 0 N–H and O–H groups in total. The lowest BCUT2D eigenvalue weighted by molar-refractivity contribution is 0.205. The monoisotopic (exact) mass is 412 g/mol.